The number of hydrogen-bond donors (Lipinski definition) is 3. The molecule has 1 fully saturated rings. The van der Waals surface area contributed by atoms with Crippen LogP contribution in [0.3, 0.4) is 0 Å². The lowest BCUT2D eigenvalue weighted by atomic mass is 10.1. The second-order valence-electron chi connectivity index (χ2n) is 6.07. The molecule has 3 amide bonds. The molecule has 0 bridgehead atoms. The second kappa shape index (κ2) is 6.83. The molecule has 3 aromatic rings. The fourth-order valence-corrected chi connectivity index (χ4v) is 3.64. The number of amides is 3. The van der Waals surface area contributed by atoms with Crippen molar-refractivity contribution in [3.05, 3.63) is 30.5 Å². The van der Waals surface area contributed by atoms with Crippen molar-refractivity contribution in [2.24, 2.45) is 0 Å². The Bertz CT molecular complexity index is 975. The number of para-hydroxylation sites is 1. The van der Waals surface area contributed by atoms with Gasteiger partial charge < -0.3 is 10.3 Å². The SMILES string of the molecule is CNC(=O)NC(=O)CSc1nnc(-c2c[nH]c3ccccc23)n1C1CC1. The highest BCUT2D eigenvalue weighted by Crippen LogP contribution is 2.42. The first-order chi connectivity index (χ1) is 12.7. The Balaban J connectivity index is 1.60. The summed E-state index contributed by atoms with van der Waals surface area (Å²) in [6, 6.07) is 7.90. The predicted molar refractivity (Wildman–Crippen MR) is 98.9 cm³/mol. The summed E-state index contributed by atoms with van der Waals surface area (Å²) in [6.45, 7) is 0. The molecule has 1 aliphatic rings. The van der Waals surface area contributed by atoms with Crippen LogP contribution < -0.4 is 10.6 Å². The summed E-state index contributed by atoms with van der Waals surface area (Å²) in [5.74, 6) is 0.541. The van der Waals surface area contributed by atoms with E-state index in [1.54, 1.807) is 0 Å². The van der Waals surface area contributed by atoms with Crippen molar-refractivity contribution in [1.82, 2.24) is 30.4 Å². The molecule has 0 atom stereocenters. The summed E-state index contributed by atoms with van der Waals surface area (Å²) < 4.78 is 2.10. The highest BCUT2D eigenvalue weighted by atomic mass is 32.2. The summed E-state index contributed by atoms with van der Waals surface area (Å²) in [5.41, 5.74) is 2.05. The lowest BCUT2D eigenvalue weighted by Crippen LogP contribution is -2.38. The van der Waals surface area contributed by atoms with Crippen LogP contribution >= 0.6 is 11.8 Å². The third kappa shape index (κ3) is 3.17. The van der Waals surface area contributed by atoms with Gasteiger partial charge in [0.1, 0.15) is 0 Å². The molecular formula is C17H18N6O2S. The maximum atomic E-state index is 11.8. The molecule has 0 unspecified atom stereocenters. The van der Waals surface area contributed by atoms with Crippen LogP contribution in [0, 0.1) is 0 Å². The Labute approximate surface area is 153 Å². The lowest BCUT2D eigenvalue weighted by Gasteiger charge is -2.08. The minimum Gasteiger partial charge on any atom is -0.360 e. The maximum absolute atomic E-state index is 11.8. The highest BCUT2D eigenvalue weighted by Gasteiger charge is 2.31. The summed E-state index contributed by atoms with van der Waals surface area (Å²) in [7, 11) is 1.47. The third-order valence-corrected chi connectivity index (χ3v) is 5.16. The van der Waals surface area contributed by atoms with Gasteiger partial charge in [-0.05, 0) is 18.9 Å². The van der Waals surface area contributed by atoms with E-state index < -0.39 is 6.03 Å². The summed E-state index contributed by atoms with van der Waals surface area (Å²) in [4.78, 5) is 26.3. The number of H-pyrrole nitrogens is 1. The first-order valence-electron chi connectivity index (χ1n) is 8.33. The van der Waals surface area contributed by atoms with Crippen molar-refractivity contribution in [1.29, 1.82) is 0 Å². The van der Waals surface area contributed by atoms with Crippen molar-refractivity contribution < 1.29 is 9.59 Å². The average molecular weight is 370 g/mol. The van der Waals surface area contributed by atoms with Crippen LogP contribution in [-0.2, 0) is 4.79 Å². The second-order valence-corrected chi connectivity index (χ2v) is 7.01. The van der Waals surface area contributed by atoms with E-state index >= 15 is 0 Å². The summed E-state index contributed by atoms with van der Waals surface area (Å²) in [5, 5.41) is 15.1. The average Bonchev–Trinajstić information content (AvgIpc) is 3.26. The molecule has 0 aliphatic heterocycles. The smallest absolute Gasteiger partial charge is 0.321 e. The molecule has 4 rings (SSSR count). The summed E-state index contributed by atoms with van der Waals surface area (Å²) in [6.07, 6.45) is 4.09. The van der Waals surface area contributed by atoms with E-state index in [4.69, 9.17) is 0 Å². The van der Waals surface area contributed by atoms with E-state index in [9.17, 15) is 9.59 Å². The molecule has 0 radical (unpaired) electrons. The van der Waals surface area contributed by atoms with E-state index in [-0.39, 0.29) is 11.7 Å². The van der Waals surface area contributed by atoms with Gasteiger partial charge in [-0.15, -0.1) is 10.2 Å². The van der Waals surface area contributed by atoms with Gasteiger partial charge in [0, 0.05) is 35.8 Å². The summed E-state index contributed by atoms with van der Waals surface area (Å²) >= 11 is 1.29. The molecule has 9 heteroatoms. The number of carbonyl (C=O) groups is 2. The molecule has 2 heterocycles. The third-order valence-electron chi connectivity index (χ3n) is 4.22. The number of carbonyl (C=O) groups excluding carboxylic acids is 2. The van der Waals surface area contributed by atoms with E-state index in [0.717, 1.165) is 35.1 Å². The predicted octanol–water partition coefficient (Wildman–Crippen LogP) is 2.31. The van der Waals surface area contributed by atoms with Crippen LogP contribution in [0.5, 0.6) is 0 Å². The number of urea groups is 1. The lowest BCUT2D eigenvalue weighted by molar-refractivity contribution is -0.117. The molecule has 8 nitrogen and oxygen atoms in total. The van der Waals surface area contributed by atoms with Crippen LogP contribution in [0.2, 0.25) is 0 Å². The normalized spacial score (nSPS) is 13.7. The van der Waals surface area contributed by atoms with E-state index in [2.05, 4.69) is 36.4 Å². The van der Waals surface area contributed by atoms with Crippen molar-refractivity contribution in [3.63, 3.8) is 0 Å². The maximum Gasteiger partial charge on any atom is 0.321 e. The highest BCUT2D eigenvalue weighted by molar-refractivity contribution is 7.99. The van der Waals surface area contributed by atoms with Gasteiger partial charge in [-0.2, -0.15) is 0 Å². The standard InChI is InChI=1S/C17H18N6O2S/c1-18-16(25)20-14(24)9-26-17-22-21-15(23(17)10-6-7-10)12-8-19-13-5-3-2-4-11(12)13/h2-5,8,10,19H,6-7,9H2,1H3,(H2,18,20,24,25). The quantitative estimate of drug-likeness (QED) is 0.598. The molecule has 1 aromatic carbocycles. The van der Waals surface area contributed by atoms with Crippen molar-refractivity contribution in [3.8, 4) is 11.4 Å². The molecule has 2 aromatic heterocycles. The number of hydrogen-bond acceptors (Lipinski definition) is 5. The van der Waals surface area contributed by atoms with Gasteiger partial charge in [0.15, 0.2) is 11.0 Å². The topological polar surface area (TPSA) is 105 Å². The number of aromatic amines is 1. The zero-order valence-electron chi connectivity index (χ0n) is 14.2. The Kier molecular flexibility index (Phi) is 4.37. The van der Waals surface area contributed by atoms with Gasteiger partial charge in [-0.1, -0.05) is 30.0 Å². The van der Waals surface area contributed by atoms with Gasteiger partial charge in [0.05, 0.1) is 5.75 Å². The van der Waals surface area contributed by atoms with Gasteiger partial charge in [0.2, 0.25) is 5.91 Å². The van der Waals surface area contributed by atoms with E-state index in [0.29, 0.717) is 11.2 Å². The van der Waals surface area contributed by atoms with Gasteiger partial charge in [-0.3, -0.25) is 14.7 Å². The minimum absolute atomic E-state index is 0.103. The molecular weight excluding hydrogens is 352 g/mol. The fraction of sp³-hybridized carbons (Fsp3) is 0.294. The van der Waals surface area contributed by atoms with Gasteiger partial charge in [-0.25, -0.2) is 4.79 Å². The molecule has 134 valence electrons. The van der Waals surface area contributed by atoms with Crippen molar-refractivity contribution in [2.75, 3.05) is 12.8 Å². The number of rotatable bonds is 5. The zero-order chi connectivity index (χ0) is 18.1. The van der Waals surface area contributed by atoms with Crippen LogP contribution in [0.4, 0.5) is 4.79 Å². The van der Waals surface area contributed by atoms with Crippen LogP contribution in [0.15, 0.2) is 35.6 Å². The van der Waals surface area contributed by atoms with Crippen molar-refractivity contribution in [2.45, 2.75) is 24.0 Å². The molecule has 0 saturated heterocycles. The van der Waals surface area contributed by atoms with Gasteiger partial charge >= 0.3 is 6.03 Å². The molecule has 1 aliphatic carbocycles. The van der Waals surface area contributed by atoms with Crippen LogP contribution in [0.1, 0.15) is 18.9 Å². The molecule has 1 saturated carbocycles. The van der Waals surface area contributed by atoms with Crippen LogP contribution in [-0.4, -0.2) is 44.5 Å². The molecule has 3 N–H and O–H groups in total. The number of nitrogens with one attached hydrogen (secondary N) is 3. The first-order valence-corrected chi connectivity index (χ1v) is 9.31. The Morgan fingerprint density at radius 2 is 2.12 bits per heavy atom. The number of aromatic nitrogens is 4. The number of nitrogens with zero attached hydrogens (tertiary/aromatic N) is 3. The number of thioether (sulfide) groups is 1. The number of fused-ring (bicyclic) bond motifs is 1. The Hall–Kier alpha value is -2.81. The van der Waals surface area contributed by atoms with Crippen molar-refractivity contribution >= 4 is 34.6 Å². The Morgan fingerprint density at radius 1 is 1.31 bits per heavy atom. The fourth-order valence-electron chi connectivity index (χ4n) is 2.83. The molecule has 26 heavy (non-hydrogen) atoms. The largest absolute Gasteiger partial charge is 0.360 e. The first kappa shape index (κ1) is 16.6. The van der Waals surface area contributed by atoms with Gasteiger partial charge in [0.25, 0.3) is 0 Å². The minimum atomic E-state index is -0.515. The van der Waals surface area contributed by atoms with Crippen LogP contribution in [0.25, 0.3) is 22.3 Å². The monoisotopic (exact) mass is 370 g/mol. The van der Waals surface area contributed by atoms with E-state index in [1.807, 2.05) is 24.4 Å². The number of imide groups is 1. The number of benzene rings is 1. The Morgan fingerprint density at radius 3 is 2.88 bits per heavy atom. The van der Waals surface area contributed by atoms with E-state index in [1.165, 1.54) is 18.8 Å². The molecule has 0 spiro atoms. The zero-order valence-corrected chi connectivity index (χ0v) is 15.0.